The summed E-state index contributed by atoms with van der Waals surface area (Å²) in [6.45, 7) is 0. The van der Waals surface area contributed by atoms with Crippen molar-refractivity contribution in [1.29, 1.82) is 0 Å². The molecule has 7 heterocycles. The second-order valence-corrected chi connectivity index (χ2v) is 8.17. The van der Waals surface area contributed by atoms with Crippen molar-refractivity contribution in [3.63, 3.8) is 0 Å². The first-order valence-corrected chi connectivity index (χ1v) is 10.1. The summed E-state index contributed by atoms with van der Waals surface area (Å²) < 4.78 is 5.09. The normalized spacial score (nSPS) is 25.1. The van der Waals surface area contributed by atoms with Crippen LogP contribution in [0.4, 0.5) is 0 Å². The number of rotatable bonds is 0. The summed E-state index contributed by atoms with van der Waals surface area (Å²) in [7, 11) is 0. The van der Waals surface area contributed by atoms with Crippen LogP contribution in [0, 0.1) is 0 Å². The van der Waals surface area contributed by atoms with Gasteiger partial charge in [0.2, 0.25) is 12.1 Å². The first-order chi connectivity index (χ1) is 13.9. The van der Waals surface area contributed by atoms with Gasteiger partial charge < -0.3 is 0 Å². The van der Waals surface area contributed by atoms with Crippen LogP contribution in [0.2, 0.25) is 0 Å². The number of aromatic nitrogens is 2. The quantitative estimate of drug-likeness (QED) is 0.418. The molecule has 5 aliphatic heterocycles. The maximum absolute atomic E-state index is 2.55. The molecule has 28 heavy (non-hydrogen) atoms. The van der Waals surface area contributed by atoms with Gasteiger partial charge in [0.1, 0.15) is 0 Å². The molecule has 0 saturated heterocycles. The average Bonchev–Trinajstić information content (AvgIpc) is 2.74. The third-order valence-corrected chi connectivity index (χ3v) is 7.01. The van der Waals surface area contributed by atoms with Crippen molar-refractivity contribution in [2.75, 3.05) is 0 Å². The molecule has 1 aliphatic carbocycles. The van der Waals surface area contributed by atoms with Gasteiger partial charge in [-0.05, 0) is 11.1 Å². The standard InChI is InChI=1S/C26H20N2/c1-3-11-19-17(9-1)23-21-13-5-7-15-27(21)25(19)26-20-12-4-2-10-18(20)24(23)22-14-6-8-16-28(22)26/h1-16,23-26H/q+2/t23-,24-,25-,26-/m0/s1. The Bertz CT molecular complexity index is 969. The number of pyridine rings is 2. The van der Waals surface area contributed by atoms with Gasteiger partial charge in [0.15, 0.2) is 23.8 Å². The number of nitrogens with zero attached hydrogens (tertiary/aromatic N) is 2. The van der Waals surface area contributed by atoms with Gasteiger partial charge >= 0.3 is 0 Å². The van der Waals surface area contributed by atoms with Crippen molar-refractivity contribution >= 4 is 0 Å². The summed E-state index contributed by atoms with van der Waals surface area (Å²) in [5, 5.41) is 0. The Morgan fingerprint density at radius 1 is 0.429 bits per heavy atom. The lowest BCUT2D eigenvalue weighted by Gasteiger charge is -2.41. The molecular weight excluding hydrogens is 340 g/mol. The number of hydrogen-bond donors (Lipinski definition) is 0. The molecule has 0 radical (unpaired) electrons. The lowest BCUT2D eigenvalue weighted by Crippen LogP contribution is -2.63. The zero-order valence-corrected chi connectivity index (χ0v) is 15.4. The van der Waals surface area contributed by atoms with E-state index in [1.165, 1.54) is 33.6 Å². The molecule has 6 aliphatic rings. The van der Waals surface area contributed by atoms with E-state index < -0.39 is 0 Å². The second kappa shape index (κ2) is 5.17. The van der Waals surface area contributed by atoms with Crippen LogP contribution < -0.4 is 9.13 Å². The predicted molar refractivity (Wildman–Crippen MR) is 106 cm³/mol. The van der Waals surface area contributed by atoms with Gasteiger partial charge in [-0.3, -0.25) is 0 Å². The van der Waals surface area contributed by atoms with Crippen LogP contribution in [-0.2, 0) is 0 Å². The lowest BCUT2D eigenvalue weighted by atomic mass is 9.65. The summed E-state index contributed by atoms with van der Waals surface area (Å²) >= 11 is 0. The Labute approximate surface area is 164 Å². The van der Waals surface area contributed by atoms with Gasteiger partial charge in [-0.15, -0.1) is 0 Å². The first-order valence-electron chi connectivity index (χ1n) is 10.1. The van der Waals surface area contributed by atoms with Gasteiger partial charge in [-0.1, -0.05) is 60.7 Å². The van der Waals surface area contributed by atoms with E-state index in [0.29, 0.717) is 11.8 Å². The largest absolute Gasteiger partial charge is 0.249 e. The van der Waals surface area contributed by atoms with Gasteiger partial charge in [0, 0.05) is 35.4 Å². The fourth-order valence-corrected chi connectivity index (χ4v) is 6.06. The molecule has 0 saturated carbocycles. The van der Waals surface area contributed by atoms with E-state index in [1.807, 2.05) is 0 Å². The van der Waals surface area contributed by atoms with Gasteiger partial charge in [0.25, 0.3) is 0 Å². The smallest absolute Gasteiger partial charge is 0.188 e. The van der Waals surface area contributed by atoms with Gasteiger partial charge in [-0.25, -0.2) is 0 Å². The molecule has 0 fully saturated rings. The van der Waals surface area contributed by atoms with Crippen LogP contribution in [0.5, 0.6) is 0 Å². The maximum Gasteiger partial charge on any atom is 0.249 e. The third-order valence-electron chi connectivity index (χ3n) is 7.01. The molecule has 2 aromatic carbocycles. The third kappa shape index (κ3) is 1.65. The number of benzene rings is 2. The average molecular weight is 360 g/mol. The van der Waals surface area contributed by atoms with E-state index in [4.69, 9.17) is 0 Å². The molecular formula is C26H20N2+2. The Balaban J connectivity index is 1.69. The molecule has 0 N–H and O–H groups in total. The molecule has 10 rings (SSSR count). The van der Waals surface area contributed by atoms with E-state index in [9.17, 15) is 0 Å². The van der Waals surface area contributed by atoms with Gasteiger partial charge in [-0.2, -0.15) is 9.13 Å². The zero-order valence-electron chi connectivity index (χ0n) is 15.4. The highest BCUT2D eigenvalue weighted by Crippen LogP contribution is 2.54. The highest BCUT2D eigenvalue weighted by Gasteiger charge is 2.58. The van der Waals surface area contributed by atoms with E-state index in [-0.39, 0.29) is 12.1 Å². The van der Waals surface area contributed by atoms with Crippen LogP contribution in [0.15, 0.2) is 97.3 Å². The monoisotopic (exact) mass is 360 g/mol. The molecule has 4 aromatic rings. The molecule has 2 nitrogen and oxygen atoms in total. The van der Waals surface area contributed by atoms with Crippen LogP contribution in [0.3, 0.4) is 0 Å². The molecule has 0 amide bonds. The Hall–Kier alpha value is -3.26. The van der Waals surface area contributed by atoms with Crippen LogP contribution in [-0.4, -0.2) is 0 Å². The second-order valence-electron chi connectivity index (χ2n) is 8.17. The first kappa shape index (κ1) is 14.8. The van der Waals surface area contributed by atoms with Crippen LogP contribution >= 0.6 is 0 Å². The van der Waals surface area contributed by atoms with Crippen LogP contribution in [0.25, 0.3) is 0 Å². The molecule has 4 bridgehead atoms. The molecule has 4 atom stereocenters. The highest BCUT2D eigenvalue weighted by atomic mass is 15.1. The Kier molecular flexibility index (Phi) is 2.72. The van der Waals surface area contributed by atoms with Crippen LogP contribution in [0.1, 0.15) is 57.6 Å². The molecule has 2 heteroatoms. The van der Waals surface area contributed by atoms with Gasteiger partial charge in [0.05, 0.1) is 11.8 Å². The Morgan fingerprint density at radius 2 is 0.821 bits per heavy atom. The summed E-state index contributed by atoms with van der Waals surface area (Å²) in [4.78, 5) is 0. The molecule has 132 valence electrons. The molecule has 0 spiro atoms. The minimum Gasteiger partial charge on any atom is -0.188 e. The fraction of sp³-hybridized carbons (Fsp3) is 0.154. The maximum atomic E-state index is 2.55. The van der Waals surface area contributed by atoms with Crippen molar-refractivity contribution in [3.8, 4) is 0 Å². The van der Waals surface area contributed by atoms with E-state index in [1.54, 1.807) is 0 Å². The summed E-state index contributed by atoms with van der Waals surface area (Å²) in [5.74, 6) is 0.648. The Morgan fingerprint density at radius 3 is 1.29 bits per heavy atom. The molecule has 0 unspecified atom stereocenters. The van der Waals surface area contributed by atoms with Crippen molar-refractivity contribution in [1.82, 2.24) is 0 Å². The summed E-state index contributed by atoms with van der Waals surface area (Å²) in [5.41, 5.74) is 8.82. The summed E-state index contributed by atoms with van der Waals surface area (Å²) in [6, 6.07) is 32.2. The predicted octanol–water partition coefficient (Wildman–Crippen LogP) is 4.04. The zero-order chi connectivity index (χ0) is 18.2. The van der Waals surface area contributed by atoms with E-state index >= 15 is 0 Å². The number of hydrogen-bond acceptors (Lipinski definition) is 0. The van der Waals surface area contributed by atoms with E-state index in [2.05, 4.69) is 106 Å². The molecule has 2 aromatic heterocycles. The minimum absolute atomic E-state index is 0.261. The minimum atomic E-state index is 0.261. The SMILES string of the molecule is c1ccc2c(c1)[C@H]1c3cccc[n+]3[C@@H]2[C@@H]2c3ccccc3[C@H]1c1cccc[n+]12. The van der Waals surface area contributed by atoms with Crippen molar-refractivity contribution < 1.29 is 9.13 Å². The summed E-state index contributed by atoms with van der Waals surface area (Å²) in [6.07, 6.45) is 4.57. The fourth-order valence-electron chi connectivity index (χ4n) is 6.06. The van der Waals surface area contributed by atoms with Crippen molar-refractivity contribution in [3.05, 3.63) is 131 Å². The van der Waals surface area contributed by atoms with E-state index in [0.717, 1.165) is 0 Å². The van der Waals surface area contributed by atoms with Crippen molar-refractivity contribution in [2.24, 2.45) is 0 Å². The lowest BCUT2D eigenvalue weighted by molar-refractivity contribution is -0.817. The topological polar surface area (TPSA) is 7.76 Å². The van der Waals surface area contributed by atoms with Crippen molar-refractivity contribution in [2.45, 2.75) is 23.9 Å². The highest BCUT2D eigenvalue weighted by molar-refractivity contribution is 5.51.